The quantitative estimate of drug-likeness (QED) is 0.636. The van der Waals surface area contributed by atoms with Crippen LogP contribution in [0.15, 0.2) is 35.3 Å². The van der Waals surface area contributed by atoms with Gasteiger partial charge in [0.05, 0.1) is 12.7 Å². The molecule has 2 N–H and O–H groups in total. The molecule has 5 nitrogen and oxygen atoms in total. The Balaban J connectivity index is 1.50. The second-order valence-corrected chi connectivity index (χ2v) is 7.06. The lowest BCUT2D eigenvalue weighted by Crippen LogP contribution is -2.51. The number of aliphatic imine (C=N–C) groups is 1. The van der Waals surface area contributed by atoms with E-state index in [2.05, 4.69) is 57.9 Å². The maximum Gasteiger partial charge on any atom is 0.191 e. The third-order valence-electron chi connectivity index (χ3n) is 5.35. The van der Waals surface area contributed by atoms with Crippen molar-refractivity contribution < 1.29 is 4.74 Å². The van der Waals surface area contributed by atoms with Gasteiger partial charge in [0.25, 0.3) is 0 Å². The van der Waals surface area contributed by atoms with Gasteiger partial charge in [0.15, 0.2) is 5.96 Å². The van der Waals surface area contributed by atoms with Crippen LogP contribution >= 0.6 is 0 Å². The van der Waals surface area contributed by atoms with Gasteiger partial charge in [-0.05, 0) is 25.5 Å². The Bertz CT molecular complexity index is 542. The molecular formula is C19H30N4O. The van der Waals surface area contributed by atoms with Crippen LogP contribution in [0.4, 0.5) is 0 Å². The van der Waals surface area contributed by atoms with Crippen LogP contribution in [0.1, 0.15) is 24.8 Å². The third-order valence-corrected chi connectivity index (χ3v) is 5.35. The fourth-order valence-electron chi connectivity index (χ4n) is 3.64. The summed E-state index contributed by atoms with van der Waals surface area (Å²) < 4.78 is 5.80. The lowest BCUT2D eigenvalue weighted by atomic mass is 9.64. The minimum absolute atomic E-state index is 0.231. The van der Waals surface area contributed by atoms with Crippen LogP contribution in [0, 0.1) is 0 Å². The Morgan fingerprint density at radius 3 is 2.71 bits per heavy atom. The molecule has 1 aromatic carbocycles. The smallest absolute Gasteiger partial charge is 0.191 e. The molecule has 0 bridgehead atoms. The molecule has 1 aromatic rings. The topological polar surface area (TPSA) is 48.9 Å². The highest BCUT2D eigenvalue weighted by atomic mass is 16.5. The normalized spacial score (nSPS) is 24.2. The molecule has 132 valence electrons. The van der Waals surface area contributed by atoms with Gasteiger partial charge in [0.1, 0.15) is 0 Å². The van der Waals surface area contributed by atoms with Gasteiger partial charge in [-0.2, -0.15) is 0 Å². The molecule has 1 heterocycles. The molecule has 24 heavy (non-hydrogen) atoms. The Kier molecular flexibility index (Phi) is 5.74. The van der Waals surface area contributed by atoms with E-state index in [-0.39, 0.29) is 11.5 Å². The number of hydrogen-bond donors (Lipinski definition) is 2. The van der Waals surface area contributed by atoms with E-state index in [1.807, 2.05) is 7.05 Å². The zero-order valence-electron chi connectivity index (χ0n) is 14.9. The average Bonchev–Trinajstić information content (AvgIpc) is 2.57. The molecule has 0 amide bonds. The molecule has 0 radical (unpaired) electrons. The zero-order valence-corrected chi connectivity index (χ0v) is 14.9. The molecule has 0 spiro atoms. The van der Waals surface area contributed by atoms with Gasteiger partial charge in [-0.3, -0.25) is 4.99 Å². The summed E-state index contributed by atoms with van der Waals surface area (Å²) in [5, 5.41) is 6.95. The second kappa shape index (κ2) is 7.99. The fraction of sp³-hybridized carbons (Fsp3) is 0.632. The molecule has 1 aliphatic carbocycles. The van der Waals surface area contributed by atoms with Gasteiger partial charge in [-0.25, -0.2) is 0 Å². The second-order valence-electron chi connectivity index (χ2n) is 7.06. The van der Waals surface area contributed by atoms with Crippen LogP contribution in [0.5, 0.6) is 0 Å². The average molecular weight is 330 g/mol. The molecule has 3 rings (SSSR count). The Hall–Kier alpha value is -1.59. The third kappa shape index (κ3) is 4.08. The molecule has 1 saturated heterocycles. The van der Waals surface area contributed by atoms with Crippen molar-refractivity contribution in [3.63, 3.8) is 0 Å². The number of nitrogens with zero attached hydrogens (tertiary/aromatic N) is 2. The Labute approximate surface area is 145 Å². The standard InChI is InChI=1S/C19H30N4O/c1-20-18(21-13-17-14-23(2)11-12-24-17)22-15-19(9-6-10-19)16-7-4-3-5-8-16/h3-5,7-8,17H,6,9-15H2,1-2H3,(H2,20,21,22). The van der Waals surface area contributed by atoms with E-state index in [0.29, 0.717) is 0 Å². The molecule has 5 heteroatoms. The number of ether oxygens (including phenoxy) is 1. The number of rotatable bonds is 5. The van der Waals surface area contributed by atoms with Crippen LogP contribution in [-0.4, -0.2) is 63.8 Å². The molecule has 1 unspecified atom stereocenters. The van der Waals surface area contributed by atoms with Crippen LogP contribution in [0.25, 0.3) is 0 Å². The zero-order chi connectivity index (χ0) is 16.8. The van der Waals surface area contributed by atoms with Crippen molar-refractivity contribution >= 4 is 5.96 Å². The van der Waals surface area contributed by atoms with Crippen LogP contribution < -0.4 is 10.6 Å². The van der Waals surface area contributed by atoms with Gasteiger partial charge < -0.3 is 20.3 Å². The highest BCUT2D eigenvalue weighted by molar-refractivity contribution is 5.79. The first-order valence-electron chi connectivity index (χ1n) is 9.02. The Morgan fingerprint density at radius 2 is 2.08 bits per heavy atom. The first-order chi connectivity index (χ1) is 11.7. The molecule has 0 aromatic heterocycles. The maximum absolute atomic E-state index is 5.80. The van der Waals surface area contributed by atoms with Crippen LogP contribution in [0.2, 0.25) is 0 Å². The number of likely N-dealkylation sites (N-methyl/N-ethyl adjacent to an activating group) is 1. The molecule has 2 fully saturated rings. The molecular weight excluding hydrogens is 300 g/mol. The van der Waals surface area contributed by atoms with Crippen molar-refractivity contribution in [1.82, 2.24) is 15.5 Å². The summed E-state index contributed by atoms with van der Waals surface area (Å²) in [4.78, 5) is 6.68. The summed E-state index contributed by atoms with van der Waals surface area (Å²) in [7, 11) is 3.97. The maximum atomic E-state index is 5.80. The van der Waals surface area contributed by atoms with Gasteiger partial charge in [0.2, 0.25) is 0 Å². The predicted octanol–water partition coefficient (Wildman–Crippen LogP) is 1.60. The van der Waals surface area contributed by atoms with Crippen molar-refractivity contribution in [2.45, 2.75) is 30.8 Å². The lowest BCUT2D eigenvalue weighted by Gasteiger charge is -2.43. The van der Waals surface area contributed by atoms with E-state index in [0.717, 1.165) is 38.7 Å². The van der Waals surface area contributed by atoms with E-state index in [4.69, 9.17) is 4.74 Å². The van der Waals surface area contributed by atoms with E-state index >= 15 is 0 Å². The van der Waals surface area contributed by atoms with Gasteiger partial charge in [0, 0.05) is 38.6 Å². The van der Waals surface area contributed by atoms with Crippen molar-refractivity contribution in [2.24, 2.45) is 4.99 Å². The van der Waals surface area contributed by atoms with Crippen molar-refractivity contribution in [3.8, 4) is 0 Å². The summed E-state index contributed by atoms with van der Waals surface area (Å²) in [5.41, 5.74) is 1.71. The minimum Gasteiger partial charge on any atom is -0.374 e. The van der Waals surface area contributed by atoms with Crippen molar-refractivity contribution in [3.05, 3.63) is 35.9 Å². The summed E-state index contributed by atoms with van der Waals surface area (Å²) in [6, 6.07) is 10.9. The van der Waals surface area contributed by atoms with Gasteiger partial charge in [-0.15, -0.1) is 0 Å². The van der Waals surface area contributed by atoms with Gasteiger partial charge in [-0.1, -0.05) is 36.8 Å². The first-order valence-corrected chi connectivity index (χ1v) is 9.02. The molecule has 1 aliphatic heterocycles. The van der Waals surface area contributed by atoms with E-state index in [1.54, 1.807) is 0 Å². The monoisotopic (exact) mass is 330 g/mol. The molecule has 1 saturated carbocycles. The summed E-state index contributed by atoms with van der Waals surface area (Å²) in [5.74, 6) is 0.869. The van der Waals surface area contributed by atoms with E-state index < -0.39 is 0 Å². The van der Waals surface area contributed by atoms with Crippen molar-refractivity contribution in [1.29, 1.82) is 0 Å². The summed E-state index contributed by atoms with van der Waals surface area (Å²) in [6.45, 7) is 4.53. The number of morpholine rings is 1. The molecule has 1 atom stereocenters. The number of nitrogens with one attached hydrogen (secondary N) is 2. The SMILES string of the molecule is CN=C(NCC1CN(C)CCO1)NCC1(c2ccccc2)CCC1. The Morgan fingerprint density at radius 1 is 1.29 bits per heavy atom. The number of hydrogen-bond acceptors (Lipinski definition) is 3. The molecule has 2 aliphatic rings. The fourth-order valence-corrected chi connectivity index (χ4v) is 3.64. The minimum atomic E-state index is 0.231. The first kappa shape index (κ1) is 17.2. The van der Waals surface area contributed by atoms with Crippen LogP contribution in [-0.2, 0) is 10.2 Å². The van der Waals surface area contributed by atoms with E-state index in [1.165, 1.54) is 24.8 Å². The van der Waals surface area contributed by atoms with E-state index in [9.17, 15) is 0 Å². The highest BCUT2D eigenvalue weighted by Crippen LogP contribution is 2.43. The summed E-state index contributed by atoms with van der Waals surface area (Å²) >= 11 is 0. The van der Waals surface area contributed by atoms with Crippen molar-refractivity contribution in [2.75, 3.05) is 46.9 Å². The number of benzene rings is 1. The van der Waals surface area contributed by atoms with Crippen LogP contribution in [0.3, 0.4) is 0 Å². The number of guanidine groups is 1. The van der Waals surface area contributed by atoms with Gasteiger partial charge >= 0.3 is 0 Å². The summed E-state index contributed by atoms with van der Waals surface area (Å²) in [6.07, 6.45) is 4.04. The largest absolute Gasteiger partial charge is 0.374 e. The highest BCUT2D eigenvalue weighted by Gasteiger charge is 2.38. The predicted molar refractivity (Wildman–Crippen MR) is 98.6 cm³/mol. The lowest BCUT2D eigenvalue weighted by molar-refractivity contribution is -0.0161.